The number of hydrogen-bond acceptors (Lipinski definition) is 4. The molecule has 0 radical (unpaired) electrons. The summed E-state index contributed by atoms with van der Waals surface area (Å²) in [5.41, 5.74) is 1.27. The molecule has 0 saturated carbocycles. The molecule has 0 aromatic carbocycles. The zero-order chi connectivity index (χ0) is 13.5. The molecule has 1 aliphatic heterocycles. The first kappa shape index (κ1) is 14.0. The Morgan fingerprint density at radius 3 is 2.68 bits per heavy atom. The summed E-state index contributed by atoms with van der Waals surface area (Å²) in [6.45, 7) is 8.53. The molecule has 1 fully saturated rings. The molecule has 5 nitrogen and oxygen atoms in total. The first-order valence-electron chi connectivity index (χ1n) is 6.82. The van der Waals surface area contributed by atoms with Gasteiger partial charge in [0.2, 0.25) is 5.91 Å². The third kappa shape index (κ3) is 4.96. The van der Waals surface area contributed by atoms with E-state index in [4.69, 9.17) is 0 Å². The van der Waals surface area contributed by atoms with Gasteiger partial charge >= 0.3 is 0 Å². The summed E-state index contributed by atoms with van der Waals surface area (Å²) in [4.78, 5) is 19.8. The zero-order valence-electron chi connectivity index (χ0n) is 11.5. The van der Waals surface area contributed by atoms with Crippen molar-refractivity contribution in [2.24, 2.45) is 0 Å². The number of rotatable bonds is 5. The largest absolute Gasteiger partial charge is 0.355 e. The lowest BCUT2D eigenvalue weighted by Gasteiger charge is -2.34. The molecule has 19 heavy (non-hydrogen) atoms. The molecule has 2 heterocycles. The number of aromatic nitrogens is 1. The summed E-state index contributed by atoms with van der Waals surface area (Å²) in [6, 6.07) is 4.11. The fraction of sp³-hybridized carbons (Fsp3) is 0.571. The van der Waals surface area contributed by atoms with Crippen LogP contribution in [0.5, 0.6) is 0 Å². The van der Waals surface area contributed by atoms with Gasteiger partial charge in [0.1, 0.15) is 0 Å². The van der Waals surface area contributed by atoms with E-state index in [1.807, 2.05) is 18.5 Å². The quantitative estimate of drug-likeness (QED) is 0.831. The SMILES string of the molecule is CC(=O)NCCN1CCN(Cc2cccnc2)CC1. The first-order chi connectivity index (χ1) is 9.24. The van der Waals surface area contributed by atoms with Crippen molar-refractivity contribution in [3.63, 3.8) is 0 Å². The lowest BCUT2D eigenvalue weighted by molar-refractivity contribution is -0.119. The van der Waals surface area contributed by atoms with Crippen LogP contribution < -0.4 is 5.32 Å². The van der Waals surface area contributed by atoms with E-state index in [1.165, 1.54) is 5.56 Å². The van der Waals surface area contributed by atoms with Gasteiger partial charge in [-0.3, -0.25) is 19.6 Å². The molecular weight excluding hydrogens is 240 g/mol. The van der Waals surface area contributed by atoms with Gasteiger partial charge in [-0.15, -0.1) is 0 Å². The second-order valence-electron chi connectivity index (χ2n) is 4.96. The highest BCUT2D eigenvalue weighted by molar-refractivity contribution is 5.72. The Kier molecular flexibility index (Phi) is 5.30. The maximum atomic E-state index is 10.8. The third-order valence-corrected chi connectivity index (χ3v) is 3.40. The molecule has 0 unspecified atom stereocenters. The Hall–Kier alpha value is -1.46. The minimum Gasteiger partial charge on any atom is -0.355 e. The molecular formula is C14H22N4O. The number of piperazine rings is 1. The van der Waals surface area contributed by atoms with Crippen molar-refractivity contribution in [1.29, 1.82) is 0 Å². The average molecular weight is 262 g/mol. The molecule has 2 rings (SSSR count). The van der Waals surface area contributed by atoms with Crippen LogP contribution in [0.25, 0.3) is 0 Å². The second kappa shape index (κ2) is 7.21. The number of carbonyl (C=O) groups is 1. The molecule has 1 amide bonds. The van der Waals surface area contributed by atoms with Crippen molar-refractivity contribution < 1.29 is 4.79 Å². The Labute approximate surface area is 114 Å². The van der Waals surface area contributed by atoms with E-state index < -0.39 is 0 Å². The van der Waals surface area contributed by atoms with Gasteiger partial charge in [-0.05, 0) is 11.6 Å². The fourth-order valence-corrected chi connectivity index (χ4v) is 2.31. The normalized spacial score (nSPS) is 17.3. The van der Waals surface area contributed by atoms with Crippen LogP contribution in [-0.4, -0.2) is 60.0 Å². The Bertz CT molecular complexity index is 388. The number of carbonyl (C=O) groups excluding carboxylic acids is 1. The van der Waals surface area contributed by atoms with Crippen LogP contribution in [-0.2, 0) is 11.3 Å². The van der Waals surface area contributed by atoms with Gasteiger partial charge in [0.25, 0.3) is 0 Å². The molecule has 0 atom stereocenters. The molecule has 104 valence electrons. The van der Waals surface area contributed by atoms with E-state index in [2.05, 4.69) is 26.2 Å². The van der Waals surface area contributed by atoms with Crippen molar-refractivity contribution in [1.82, 2.24) is 20.1 Å². The number of hydrogen-bond donors (Lipinski definition) is 1. The molecule has 1 aromatic rings. The number of pyridine rings is 1. The lowest BCUT2D eigenvalue weighted by atomic mass is 10.2. The highest BCUT2D eigenvalue weighted by Gasteiger charge is 2.16. The van der Waals surface area contributed by atoms with E-state index in [9.17, 15) is 4.79 Å². The van der Waals surface area contributed by atoms with Crippen LogP contribution in [0.3, 0.4) is 0 Å². The van der Waals surface area contributed by atoms with Gasteiger partial charge in [-0.25, -0.2) is 0 Å². The van der Waals surface area contributed by atoms with Gasteiger partial charge in [0.05, 0.1) is 0 Å². The van der Waals surface area contributed by atoms with Crippen LogP contribution in [0.4, 0.5) is 0 Å². The summed E-state index contributed by atoms with van der Waals surface area (Å²) in [5, 5.41) is 2.84. The van der Waals surface area contributed by atoms with Crippen molar-refractivity contribution >= 4 is 5.91 Å². The topological polar surface area (TPSA) is 48.5 Å². The Morgan fingerprint density at radius 2 is 2.05 bits per heavy atom. The van der Waals surface area contributed by atoms with E-state index in [0.29, 0.717) is 0 Å². The molecule has 0 aliphatic carbocycles. The highest BCUT2D eigenvalue weighted by atomic mass is 16.1. The van der Waals surface area contributed by atoms with E-state index >= 15 is 0 Å². The van der Waals surface area contributed by atoms with Crippen LogP contribution in [0.15, 0.2) is 24.5 Å². The third-order valence-electron chi connectivity index (χ3n) is 3.40. The Morgan fingerprint density at radius 1 is 1.32 bits per heavy atom. The number of nitrogens with zero attached hydrogens (tertiary/aromatic N) is 3. The van der Waals surface area contributed by atoms with Crippen molar-refractivity contribution in [2.45, 2.75) is 13.5 Å². The summed E-state index contributed by atoms with van der Waals surface area (Å²) < 4.78 is 0. The number of amides is 1. The predicted octanol–water partition coefficient (Wildman–Crippen LogP) is 0.335. The molecule has 1 saturated heterocycles. The van der Waals surface area contributed by atoms with Crippen molar-refractivity contribution in [2.75, 3.05) is 39.3 Å². The van der Waals surface area contributed by atoms with Gasteiger partial charge in [0.15, 0.2) is 0 Å². The van der Waals surface area contributed by atoms with Crippen LogP contribution in [0, 0.1) is 0 Å². The fourth-order valence-electron chi connectivity index (χ4n) is 2.31. The lowest BCUT2D eigenvalue weighted by Crippen LogP contribution is -2.47. The molecule has 0 bridgehead atoms. The smallest absolute Gasteiger partial charge is 0.216 e. The van der Waals surface area contributed by atoms with Crippen LogP contribution in [0.2, 0.25) is 0 Å². The average Bonchev–Trinajstić information content (AvgIpc) is 2.42. The monoisotopic (exact) mass is 262 g/mol. The molecule has 1 N–H and O–H groups in total. The van der Waals surface area contributed by atoms with Gasteiger partial charge in [-0.1, -0.05) is 6.07 Å². The maximum absolute atomic E-state index is 10.8. The van der Waals surface area contributed by atoms with Crippen LogP contribution >= 0.6 is 0 Å². The maximum Gasteiger partial charge on any atom is 0.216 e. The van der Waals surface area contributed by atoms with Crippen LogP contribution in [0.1, 0.15) is 12.5 Å². The molecule has 1 aliphatic rings. The van der Waals surface area contributed by atoms with Crippen molar-refractivity contribution in [3.05, 3.63) is 30.1 Å². The van der Waals surface area contributed by atoms with Gasteiger partial charge in [-0.2, -0.15) is 0 Å². The predicted molar refractivity (Wildman–Crippen MR) is 74.6 cm³/mol. The summed E-state index contributed by atoms with van der Waals surface area (Å²) >= 11 is 0. The molecule has 0 spiro atoms. The summed E-state index contributed by atoms with van der Waals surface area (Å²) in [5.74, 6) is 0.0511. The van der Waals surface area contributed by atoms with Crippen molar-refractivity contribution in [3.8, 4) is 0 Å². The minimum absolute atomic E-state index is 0.0511. The highest BCUT2D eigenvalue weighted by Crippen LogP contribution is 2.06. The van der Waals surface area contributed by atoms with E-state index in [1.54, 1.807) is 6.92 Å². The molecule has 1 aromatic heterocycles. The second-order valence-corrected chi connectivity index (χ2v) is 4.96. The van der Waals surface area contributed by atoms with Gasteiger partial charge < -0.3 is 5.32 Å². The molecule has 5 heteroatoms. The first-order valence-corrected chi connectivity index (χ1v) is 6.82. The summed E-state index contributed by atoms with van der Waals surface area (Å²) in [7, 11) is 0. The Balaban J connectivity index is 1.66. The van der Waals surface area contributed by atoms with E-state index in [0.717, 1.165) is 45.8 Å². The van der Waals surface area contributed by atoms with Gasteiger partial charge in [0, 0.05) is 65.1 Å². The standard InChI is InChI=1S/C14H22N4O/c1-13(19)16-5-6-17-7-9-18(10-8-17)12-14-3-2-4-15-11-14/h2-4,11H,5-10,12H2,1H3,(H,16,19). The minimum atomic E-state index is 0.0511. The van der Waals surface area contributed by atoms with E-state index in [-0.39, 0.29) is 5.91 Å². The summed E-state index contributed by atoms with van der Waals surface area (Å²) in [6.07, 6.45) is 3.74. The zero-order valence-corrected chi connectivity index (χ0v) is 11.5. The number of nitrogens with one attached hydrogen (secondary N) is 1.